The first-order chi connectivity index (χ1) is 62.8. The summed E-state index contributed by atoms with van der Waals surface area (Å²) >= 11 is 0. The molecule has 17 amide bonds. The van der Waals surface area contributed by atoms with Gasteiger partial charge in [0.25, 0.3) is 0 Å². The Balaban J connectivity index is 1.13. The van der Waals surface area contributed by atoms with E-state index < -0.39 is 213 Å². The molecule has 0 saturated heterocycles. The SMILES string of the molecule is N=C(N)NCCC[C@H](NC(=O)[C@H](CCCCN)NC(=O)[C@H](CCCCN)NC(=O)[C@@H](N)Cc1c[nH]c2ccccc12)C(=O)NCC(=O)NCC(=O)NCC(=O)N[C@@H](CCCCNC(=O)CN/C1=N\C(=N)NCCC[C@H](NC(=O)[C@H](CCCCN)NC(=O)[C@H](CCCCN)NC(=O)[C@@H](N)Cc2c[nH]c3ccccc23)C(=O)NCC(=O)NC1)C(=O)NCC(=O)NCC(=O)NCC(N)=O. The number of fused-ring (bicyclic) bond motifs is 2. The summed E-state index contributed by atoms with van der Waals surface area (Å²) in [6, 6.07) is 4.13. The largest absolute Gasteiger partial charge is 0.370 e. The van der Waals surface area contributed by atoms with Gasteiger partial charge in [-0.25, -0.2) is 0 Å². The van der Waals surface area contributed by atoms with Gasteiger partial charge in [-0.1, -0.05) is 36.4 Å². The number of aromatic amines is 2. The van der Waals surface area contributed by atoms with Crippen LogP contribution < -0.4 is 147 Å². The topological polar surface area (TPSA) is 819 Å². The van der Waals surface area contributed by atoms with Crippen molar-refractivity contribution in [2.45, 2.75) is 189 Å². The van der Waals surface area contributed by atoms with Crippen LogP contribution in [-0.4, -0.2) is 287 Å². The third-order valence-electron chi connectivity index (χ3n) is 20.5. The third kappa shape index (κ3) is 42.5. The van der Waals surface area contributed by atoms with Crippen molar-refractivity contribution in [1.82, 2.24) is 111 Å². The molecular weight excluding hydrogens is 1710 g/mol. The van der Waals surface area contributed by atoms with E-state index in [1.54, 1.807) is 12.4 Å². The first kappa shape index (κ1) is 108. The highest BCUT2D eigenvalue weighted by Gasteiger charge is 2.34. The molecule has 131 heavy (non-hydrogen) atoms. The van der Waals surface area contributed by atoms with E-state index in [9.17, 15) is 81.5 Å². The van der Waals surface area contributed by atoms with E-state index in [4.69, 9.17) is 56.7 Å². The molecule has 2 aromatic heterocycles. The molecule has 722 valence electrons. The molecule has 3 heterocycles. The van der Waals surface area contributed by atoms with Crippen LogP contribution in [0.15, 0.2) is 65.9 Å². The van der Waals surface area contributed by atoms with Gasteiger partial charge in [0.05, 0.1) is 71.0 Å². The van der Waals surface area contributed by atoms with Gasteiger partial charge in [-0.15, -0.1) is 0 Å². The molecule has 0 spiro atoms. The van der Waals surface area contributed by atoms with Crippen molar-refractivity contribution in [2.24, 2.45) is 50.9 Å². The van der Waals surface area contributed by atoms with Crippen LogP contribution in [0.3, 0.4) is 0 Å². The van der Waals surface area contributed by atoms with E-state index >= 15 is 0 Å². The van der Waals surface area contributed by atoms with Gasteiger partial charge in [-0.3, -0.25) is 92.3 Å². The number of H-pyrrole nitrogens is 2. The average molecular weight is 1840 g/mol. The summed E-state index contributed by atoms with van der Waals surface area (Å²) in [4.78, 5) is 237. The molecule has 0 radical (unpaired) electrons. The van der Waals surface area contributed by atoms with Gasteiger partial charge in [0, 0.05) is 53.8 Å². The van der Waals surface area contributed by atoms with Crippen molar-refractivity contribution in [3.05, 3.63) is 72.1 Å². The van der Waals surface area contributed by atoms with Gasteiger partial charge in [0.15, 0.2) is 5.96 Å². The maximum absolute atomic E-state index is 14.2. The van der Waals surface area contributed by atoms with Crippen LogP contribution in [0.25, 0.3) is 21.8 Å². The number of unbranched alkanes of at least 4 members (excludes halogenated alkanes) is 5. The van der Waals surface area contributed by atoms with E-state index in [0.29, 0.717) is 64.5 Å². The number of primary amides is 1. The standard InChI is InChI=1S/C82H132N32O17/c83-28-10-5-21-59(108-72(123)52(87)35-48-37-96-54-19-3-1-17-50(48)54)77(128)112-61(23-7-12-30-85)79(130)110-57(26-15-33-94-81(90)91)75(126)106-46-70(121)102-43-67(118)103-47-71(122)107-56(74(125)104-45-69(120)101-42-66(117)99-39-63(89)115)25-9-14-32-93-65(116)41-98-64-40-100-68(119)44-105-76(127)58(27-16-34-95-82(92)114-64)111-80(131)62(24-8-13-31-86)113-78(129)60(22-6-11-29-84)109-73(124)53(88)36-49-38-97-55-20-4-2-18-51(49)55/h1-4,17-20,37-38,52-53,56-62,96-97H,5-16,21-36,39-47,83-88H2,(H2,89,115)(H,93,116)(H,99,117)(H,100,119)(H,101,120)(H,102,121)(H,103,118)(H,104,125)(H,105,127)(H,106,126)(H,107,122)(H,108,123)(H,109,124)(H,110,130)(H,111,131)(H,112,128)(H,113,129)(H4,90,91,94)(H3,92,95,98,114)/t52-,53-,56-,57-,58-,59-,60-,61-,62-/m0/s1. The maximum Gasteiger partial charge on any atom is 0.243 e. The molecule has 5 rings (SSSR count). The first-order valence-electron chi connectivity index (χ1n) is 43.8. The molecule has 0 saturated carbocycles. The van der Waals surface area contributed by atoms with Gasteiger partial charge in [-0.2, -0.15) is 4.99 Å². The lowest BCUT2D eigenvalue weighted by Gasteiger charge is -2.26. The number of carbonyl (C=O) groups is 17. The van der Waals surface area contributed by atoms with Crippen molar-refractivity contribution < 1.29 is 81.5 Å². The van der Waals surface area contributed by atoms with Crippen LogP contribution in [-0.2, 0) is 94.3 Å². The predicted molar refractivity (Wildman–Crippen MR) is 485 cm³/mol. The van der Waals surface area contributed by atoms with Crippen LogP contribution in [0.5, 0.6) is 0 Å². The number of rotatable bonds is 58. The summed E-state index contributed by atoms with van der Waals surface area (Å²) in [5.74, 6) is -14.1. The molecule has 1 aliphatic heterocycles. The minimum Gasteiger partial charge on any atom is -0.370 e. The molecule has 9 atom stereocenters. The van der Waals surface area contributed by atoms with Crippen LogP contribution >= 0.6 is 0 Å². The number of nitrogens with zero attached hydrogens (tertiary/aromatic N) is 1. The number of carbonyl (C=O) groups excluding carboxylic acids is 17. The van der Waals surface area contributed by atoms with Gasteiger partial charge in [0.2, 0.25) is 106 Å². The smallest absolute Gasteiger partial charge is 0.243 e. The number of aromatic nitrogens is 2. The molecule has 4 aromatic rings. The fourth-order valence-corrected chi connectivity index (χ4v) is 13.4. The van der Waals surface area contributed by atoms with E-state index in [1.807, 2.05) is 48.5 Å². The van der Waals surface area contributed by atoms with Gasteiger partial charge in [0.1, 0.15) is 48.1 Å². The highest BCUT2D eigenvalue weighted by molar-refractivity contribution is 6.01. The zero-order chi connectivity index (χ0) is 96.0. The van der Waals surface area contributed by atoms with Gasteiger partial charge < -0.3 is 157 Å². The van der Waals surface area contributed by atoms with Crippen molar-refractivity contribution in [3.8, 4) is 0 Å². The molecule has 39 N–H and O–H groups in total. The Morgan fingerprint density at radius 1 is 0.412 bits per heavy atom. The number of benzene rings is 2. The summed E-state index contributed by atoms with van der Waals surface area (Å²) in [6.45, 7) is -4.20. The van der Waals surface area contributed by atoms with E-state index in [-0.39, 0.29) is 135 Å². The molecular formula is C82H132N32O17. The second-order valence-electron chi connectivity index (χ2n) is 31.1. The fraction of sp³-hybridized carbons (Fsp3) is 0.561. The molecule has 1 aliphatic rings. The number of amidine groups is 1. The summed E-state index contributed by atoms with van der Waals surface area (Å²) in [6.07, 6.45) is 8.23. The number of para-hydroxylation sites is 2. The Kier molecular flexibility index (Phi) is 49.7. The first-order valence-corrected chi connectivity index (χ1v) is 43.8. The zero-order valence-electron chi connectivity index (χ0n) is 73.6. The summed E-state index contributed by atoms with van der Waals surface area (Å²) < 4.78 is 0. The number of hydrogen-bond donors (Lipinski definition) is 31. The Morgan fingerprint density at radius 2 is 0.802 bits per heavy atom. The molecule has 0 aliphatic carbocycles. The number of nitrogens with one attached hydrogen (secondary N) is 23. The second-order valence-corrected chi connectivity index (χ2v) is 31.1. The van der Waals surface area contributed by atoms with Gasteiger partial charge >= 0.3 is 0 Å². The summed E-state index contributed by atoms with van der Waals surface area (Å²) in [5.41, 5.74) is 49.7. The Hall–Kier alpha value is -13.5. The number of amides is 17. The van der Waals surface area contributed by atoms with Crippen molar-refractivity contribution >= 4 is 140 Å². The minimum absolute atomic E-state index is 0.0131. The van der Waals surface area contributed by atoms with Crippen molar-refractivity contribution in [1.29, 1.82) is 10.8 Å². The average Bonchev–Trinajstić information content (AvgIpc) is 1.70. The van der Waals surface area contributed by atoms with E-state index in [1.165, 1.54) is 0 Å². The summed E-state index contributed by atoms with van der Waals surface area (Å²) in [5, 5.41) is 66.3. The lowest BCUT2D eigenvalue weighted by Crippen LogP contribution is -2.58. The van der Waals surface area contributed by atoms with E-state index in [0.717, 1.165) is 32.9 Å². The fourth-order valence-electron chi connectivity index (χ4n) is 13.4. The highest BCUT2D eigenvalue weighted by Crippen LogP contribution is 2.21. The Labute approximate surface area is 757 Å². The maximum atomic E-state index is 14.2. The number of hydrogen-bond acceptors (Lipinski definition) is 26. The predicted octanol–water partition coefficient (Wildman–Crippen LogP) is -9.73. The van der Waals surface area contributed by atoms with Crippen molar-refractivity contribution in [3.63, 3.8) is 0 Å². The molecule has 0 bridgehead atoms. The molecule has 49 heteroatoms. The lowest BCUT2D eigenvalue weighted by atomic mass is 10.0. The quantitative estimate of drug-likeness (QED) is 0.0111. The molecule has 2 aromatic carbocycles. The second kappa shape index (κ2) is 60.3. The van der Waals surface area contributed by atoms with E-state index in [2.05, 4.69) is 116 Å². The minimum atomic E-state index is -1.39. The van der Waals surface area contributed by atoms with Crippen LogP contribution in [0.4, 0.5) is 0 Å². The summed E-state index contributed by atoms with van der Waals surface area (Å²) in [7, 11) is 0. The lowest BCUT2D eigenvalue weighted by molar-refractivity contribution is -0.134. The van der Waals surface area contributed by atoms with Gasteiger partial charge in [-0.05, 0) is 184 Å². The molecule has 0 fully saturated rings. The zero-order valence-corrected chi connectivity index (χ0v) is 73.6. The Bertz CT molecular complexity index is 4520. The van der Waals surface area contributed by atoms with Crippen LogP contribution in [0.2, 0.25) is 0 Å². The number of nitrogens with two attached hydrogens (primary N) is 8. The molecule has 0 unspecified atom stereocenters. The van der Waals surface area contributed by atoms with Crippen LogP contribution in [0.1, 0.15) is 133 Å². The Morgan fingerprint density at radius 3 is 1.26 bits per heavy atom. The third-order valence-corrected chi connectivity index (χ3v) is 20.5. The number of aliphatic imine (C=N–C) groups is 1. The monoisotopic (exact) mass is 1840 g/mol. The highest BCUT2D eigenvalue weighted by atomic mass is 16.2. The molecule has 49 nitrogen and oxygen atoms in total. The number of guanidine groups is 2. The normalized spacial score (nSPS) is 15.1. The van der Waals surface area contributed by atoms with Crippen molar-refractivity contribution in [2.75, 3.05) is 105 Å². The van der Waals surface area contributed by atoms with Crippen LogP contribution in [0, 0.1) is 10.8 Å².